The molecule has 118 valence electrons. The molecule has 1 aliphatic heterocycles. The van der Waals surface area contributed by atoms with E-state index in [9.17, 15) is 0 Å². The molecule has 0 radical (unpaired) electrons. The summed E-state index contributed by atoms with van der Waals surface area (Å²) in [5.74, 6) is 1.78. The molecule has 0 aromatic carbocycles. The molecule has 4 unspecified atom stereocenters. The van der Waals surface area contributed by atoms with Gasteiger partial charge in [0.25, 0.3) is 0 Å². The third kappa shape index (κ3) is 3.98. The molecule has 0 aromatic rings. The summed E-state index contributed by atoms with van der Waals surface area (Å²) in [4.78, 5) is 2.78. The predicted molar refractivity (Wildman–Crippen MR) is 87.8 cm³/mol. The first kappa shape index (κ1) is 16.3. The minimum absolute atomic E-state index is 0.485. The highest BCUT2D eigenvalue weighted by molar-refractivity contribution is 4.88. The van der Waals surface area contributed by atoms with Crippen LogP contribution in [0.15, 0.2) is 0 Å². The van der Waals surface area contributed by atoms with Crippen LogP contribution in [0.2, 0.25) is 0 Å². The molecule has 1 heterocycles. The summed E-state index contributed by atoms with van der Waals surface area (Å²) in [5.41, 5.74) is 6.54. The summed E-state index contributed by atoms with van der Waals surface area (Å²) in [6.07, 6.45) is 9.74. The molecule has 1 aliphatic carbocycles. The molecular formula is C18H36N2. The van der Waals surface area contributed by atoms with E-state index in [0.29, 0.717) is 11.5 Å². The van der Waals surface area contributed by atoms with Gasteiger partial charge in [-0.2, -0.15) is 0 Å². The topological polar surface area (TPSA) is 29.3 Å². The first-order valence-corrected chi connectivity index (χ1v) is 8.87. The summed E-state index contributed by atoms with van der Waals surface area (Å²) in [6, 6.07) is 1.46. The molecule has 0 amide bonds. The lowest BCUT2D eigenvalue weighted by atomic mass is 9.76. The third-order valence-electron chi connectivity index (χ3n) is 5.93. The Morgan fingerprint density at radius 3 is 2.45 bits per heavy atom. The van der Waals surface area contributed by atoms with Crippen molar-refractivity contribution in [3.8, 4) is 0 Å². The fourth-order valence-corrected chi connectivity index (χ4v) is 4.46. The molecule has 4 atom stereocenters. The molecule has 1 saturated heterocycles. The number of nitrogens with zero attached hydrogens (tertiary/aromatic N) is 1. The second kappa shape index (κ2) is 6.79. The van der Waals surface area contributed by atoms with Gasteiger partial charge in [0, 0.05) is 18.6 Å². The van der Waals surface area contributed by atoms with E-state index < -0.39 is 0 Å². The van der Waals surface area contributed by atoms with E-state index in [1.807, 2.05) is 0 Å². The largest absolute Gasteiger partial charge is 0.329 e. The lowest BCUT2D eigenvalue weighted by molar-refractivity contribution is 0.0667. The Bertz CT molecular complexity index is 294. The van der Waals surface area contributed by atoms with Crippen LogP contribution in [0.4, 0.5) is 0 Å². The number of piperidine rings is 1. The fourth-order valence-electron chi connectivity index (χ4n) is 4.46. The van der Waals surface area contributed by atoms with Crippen LogP contribution in [0.1, 0.15) is 72.6 Å². The average molecular weight is 280 g/mol. The maximum Gasteiger partial charge on any atom is 0.0223 e. The van der Waals surface area contributed by atoms with Crippen LogP contribution in [-0.4, -0.2) is 30.1 Å². The molecule has 0 aromatic heterocycles. The van der Waals surface area contributed by atoms with Crippen LogP contribution in [0.25, 0.3) is 0 Å². The molecule has 2 nitrogen and oxygen atoms in total. The van der Waals surface area contributed by atoms with Crippen molar-refractivity contribution < 1.29 is 0 Å². The molecule has 2 fully saturated rings. The van der Waals surface area contributed by atoms with Gasteiger partial charge in [-0.15, -0.1) is 0 Å². The van der Waals surface area contributed by atoms with Gasteiger partial charge in [-0.05, 0) is 62.3 Å². The first-order valence-electron chi connectivity index (χ1n) is 8.87. The Labute approximate surface area is 126 Å². The zero-order chi connectivity index (χ0) is 14.8. The molecule has 2 N–H and O–H groups in total. The Balaban J connectivity index is 1.95. The van der Waals surface area contributed by atoms with Crippen molar-refractivity contribution >= 4 is 0 Å². The highest BCUT2D eigenvalue weighted by atomic mass is 15.2. The van der Waals surface area contributed by atoms with E-state index in [-0.39, 0.29) is 0 Å². The number of hydrogen-bond acceptors (Lipinski definition) is 2. The Morgan fingerprint density at radius 1 is 1.05 bits per heavy atom. The number of rotatable bonds is 2. The zero-order valence-corrected chi connectivity index (χ0v) is 14.2. The zero-order valence-electron chi connectivity index (χ0n) is 14.2. The summed E-state index contributed by atoms with van der Waals surface area (Å²) < 4.78 is 0. The van der Waals surface area contributed by atoms with Crippen molar-refractivity contribution in [1.29, 1.82) is 0 Å². The quantitative estimate of drug-likeness (QED) is 0.774. The number of nitrogens with two attached hydrogens (primary N) is 1. The molecular weight excluding hydrogens is 244 g/mol. The van der Waals surface area contributed by atoms with Crippen LogP contribution in [0.5, 0.6) is 0 Å². The highest BCUT2D eigenvalue weighted by Gasteiger charge is 2.34. The van der Waals surface area contributed by atoms with Gasteiger partial charge < -0.3 is 5.73 Å². The monoisotopic (exact) mass is 280 g/mol. The number of hydrogen-bond donors (Lipinski definition) is 1. The smallest absolute Gasteiger partial charge is 0.0223 e. The van der Waals surface area contributed by atoms with Gasteiger partial charge in [0.05, 0.1) is 0 Å². The summed E-state index contributed by atoms with van der Waals surface area (Å²) in [7, 11) is 0. The van der Waals surface area contributed by atoms with Crippen molar-refractivity contribution in [1.82, 2.24) is 4.90 Å². The van der Waals surface area contributed by atoms with Crippen molar-refractivity contribution in [2.75, 3.05) is 13.1 Å². The van der Waals surface area contributed by atoms with Crippen LogP contribution < -0.4 is 5.73 Å². The standard InChI is InChI=1S/C18H36N2/c1-14-10-11-20(17(12-14)13-19)16-7-5-6-15(8-9-16)18(2,3)4/h14-17H,5-13,19H2,1-4H3. The van der Waals surface area contributed by atoms with E-state index in [0.717, 1.165) is 24.4 Å². The maximum atomic E-state index is 6.06. The van der Waals surface area contributed by atoms with Crippen LogP contribution in [-0.2, 0) is 0 Å². The van der Waals surface area contributed by atoms with Crippen molar-refractivity contribution in [3.05, 3.63) is 0 Å². The Hall–Kier alpha value is -0.0800. The second-order valence-electron chi connectivity index (χ2n) is 8.48. The maximum absolute atomic E-state index is 6.06. The van der Waals surface area contributed by atoms with Crippen molar-refractivity contribution in [3.63, 3.8) is 0 Å². The first-order chi connectivity index (χ1) is 9.41. The number of likely N-dealkylation sites (tertiary alicyclic amines) is 1. The van der Waals surface area contributed by atoms with Crippen LogP contribution in [0.3, 0.4) is 0 Å². The average Bonchev–Trinajstić information content (AvgIpc) is 2.63. The molecule has 1 saturated carbocycles. The SMILES string of the molecule is CC1CCN(C2CCCC(C(C)(C)C)CC2)C(CN)C1. The summed E-state index contributed by atoms with van der Waals surface area (Å²) >= 11 is 0. The molecule has 2 aliphatic rings. The molecule has 2 rings (SSSR count). The van der Waals surface area contributed by atoms with Crippen LogP contribution >= 0.6 is 0 Å². The van der Waals surface area contributed by atoms with Gasteiger partial charge in [0.1, 0.15) is 0 Å². The molecule has 20 heavy (non-hydrogen) atoms. The Morgan fingerprint density at radius 2 is 1.80 bits per heavy atom. The van der Waals surface area contributed by atoms with Gasteiger partial charge in [-0.1, -0.05) is 34.1 Å². The van der Waals surface area contributed by atoms with Gasteiger partial charge in [0.2, 0.25) is 0 Å². The van der Waals surface area contributed by atoms with E-state index in [1.54, 1.807) is 0 Å². The minimum Gasteiger partial charge on any atom is -0.329 e. The third-order valence-corrected chi connectivity index (χ3v) is 5.93. The van der Waals surface area contributed by atoms with Gasteiger partial charge >= 0.3 is 0 Å². The van der Waals surface area contributed by atoms with Crippen LogP contribution in [0, 0.1) is 17.3 Å². The lowest BCUT2D eigenvalue weighted by Gasteiger charge is -2.43. The normalized spacial score (nSPS) is 37.6. The van der Waals surface area contributed by atoms with Crippen molar-refractivity contribution in [2.45, 2.75) is 84.7 Å². The molecule has 0 spiro atoms. The fraction of sp³-hybridized carbons (Fsp3) is 1.00. The lowest BCUT2D eigenvalue weighted by Crippen LogP contribution is -2.51. The van der Waals surface area contributed by atoms with Gasteiger partial charge in [-0.25, -0.2) is 0 Å². The summed E-state index contributed by atoms with van der Waals surface area (Å²) in [6.45, 7) is 11.8. The minimum atomic E-state index is 0.485. The van der Waals surface area contributed by atoms with E-state index in [4.69, 9.17) is 5.73 Å². The highest BCUT2D eigenvalue weighted by Crippen LogP contribution is 2.39. The van der Waals surface area contributed by atoms with Gasteiger partial charge in [0.15, 0.2) is 0 Å². The molecule has 2 heteroatoms. The summed E-state index contributed by atoms with van der Waals surface area (Å²) in [5, 5.41) is 0. The van der Waals surface area contributed by atoms with Crippen molar-refractivity contribution in [2.24, 2.45) is 23.0 Å². The second-order valence-corrected chi connectivity index (χ2v) is 8.48. The molecule has 0 bridgehead atoms. The van der Waals surface area contributed by atoms with E-state index in [1.165, 1.54) is 51.5 Å². The van der Waals surface area contributed by atoms with E-state index in [2.05, 4.69) is 32.6 Å². The van der Waals surface area contributed by atoms with Gasteiger partial charge in [-0.3, -0.25) is 4.90 Å². The van der Waals surface area contributed by atoms with E-state index >= 15 is 0 Å². The predicted octanol–water partition coefficient (Wildman–Crippen LogP) is 4.04. The Kier molecular flexibility index (Phi) is 5.53.